The summed E-state index contributed by atoms with van der Waals surface area (Å²) in [4.78, 5) is 30.3. The van der Waals surface area contributed by atoms with E-state index in [0.29, 0.717) is 17.0 Å². The molecule has 0 spiro atoms. The summed E-state index contributed by atoms with van der Waals surface area (Å²) in [5.41, 5.74) is 7.28. The second-order valence-corrected chi connectivity index (χ2v) is 11.2. The number of carbonyl (C=O) groups is 2. The predicted molar refractivity (Wildman–Crippen MR) is 159 cm³/mol. The molecule has 1 atom stereocenters. The van der Waals surface area contributed by atoms with Gasteiger partial charge in [-0.1, -0.05) is 84.6 Å². The van der Waals surface area contributed by atoms with Gasteiger partial charge in [-0.15, -0.1) is 0 Å². The summed E-state index contributed by atoms with van der Waals surface area (Å²) in [6.45, 7) is 2.59. The van der Waals surface area contributed by atoms with Crippen molar-refractivity contribution < 1.29 is 9.59 Å². The molecule has 0 saturated carbocycles. The van der Waals surface area contributed by atoms with E-state index in [0.717, 1.165) is 46.5 Å². The quantitative estimate of drug-likeness (QED) is 0.272. The van der Waals surface area contributed by atoms with E-state index in [2.05, 4.69) is 48.6 Å². The van der Waals surface area contributed by atoms with E-state index >= 15 is 0 Å². The Morgan fingerprint density at radius 2 is 1.69 bits per heavy atom. The molecule has 0 unspecified atom stereocenters. The van der Waals surface area contributed by atoms with E-state index in [9.17, 15) is 9.59 Å². The minimum atomic E-state index is -0.0719. The van der Waals surface area contributed by atoms with Gasteiger partial charge in [0.05, 0.1) is 23.2 Å². The molecule has 5 heteroatoms. The van der Waals surface area contributed by atoms with Crippen LogP contribution in [0.4, 0.5) is 5.69 Å². The van der Waals surface area contributed by atoms with Crippen LogP contribution in [-0.2, 0) is 17.8 Å². The van der Waals surface area contributed by atoms with Gasteiger partial charge in [0.2, 0.25) is 0 Å². The van der Waals surface area contributed by atoms with Crippen LogP contribution in [0.2, 0.25) is 0 Å². The lowest BCUT2D eigenvalue weighted by Crippen LogP contribution is -2.33. The molecule has 0 bridgehead atoms. The monoisotopic (exact) mass is 530 g/mol. The first kappa shape index (κ1) is 25.2. The number of nitrogens with one attached hydrogen (secondary N) is 1. The fourth-order valence-corrected chi connectivity index (χ4v) is 6.46. The summed E-state index contributed by atoms with van der Waals surface area (Å²) in [6.07, 6.45) is 5.01. The SMILES string of the molecule is Cc1ccccc1CN1C(=O)/C(=C\c2ccc(C(=O)N[C@@H]3CCCc4ccccc43)cc2)Sc2ccccc21. The Morgan fingerprint density at radius 1 is 0.949 bits per heavy atom. The van der Waals surface area contributed by atoms with Gasteiger partial charge < -0.3 is 10.2 Å². The molecule has 194 valence electrons. The van der Waals surface area contributed by atoms with E-state index < -0.39 is 0 Å². The minimum absolute atomic E-state index is 0.0141. The standard InChI is InChI=1S/C34H30N2O2S/c1-23-9-2-3-11-27(23)22-36-30-15-6-7-16-31(30)39-32(34(36)38)21-24-17-19-26(20-18-24)33(37)35-29-14-8-12-25-10-4-5-13-28(25)29/h2-7,9-11,13,15-21,29H,8,12,14,22H2,1H3,(H,35,37)/b32-21+/t29-/m1/s1. The van der Waals surface area contributed by atoms with E-state index in [1.165, 1.54) is 22.9 Å². The number of amides is 2. The Balaban J connectivity index is 1.22. The van der Waals surface area contributed by atoms with Crippen molar-refractivity contribution in [1.82, 2.24) is 5.32 Å². The van der Waals surface area contributed by atoms with Gasteiger partial charge >= 0.3 is 0 Å². The molecule has 1 heterocycles. The van der Waals surface area contributed by atoms with Crippen molar-refractivity contribution in [2.24, 2.45) is 0 Å². The predicted octanol–water partition coefficient (Wildman–Crippen LogP) is 7.48. The molecule has 2 aliphatic rings. The molecule has 4 aromatic carbocycles. The molecule has 1 N–H and O–H groups in total. The summed E-state index contributed by atoms with van der Waals surface area (Å²) in [5, 5.41) is 3.22. The van der Waals surface area contributed by atoms with Crippen molar-refractivity contribution >= 4 is 35.3 Å². The first-order valence-corrected chi connectivity index (χ1v) is 14.2. The van der Waals surface area contributed by atoms with E-state index in [1.807, 2.05) is 71.6 Å². The number of hydrogen-bond donors (Lipinski definition) is 1. The van der Waals surface area contributed by atoms with Crippen LogP contribution in [0.3, 0.4) is 0 Å². The zero-order valence-corrected chi connectivity index (χ0v) is 22.7. The molecule has 0 radical (unpaired) electrons. The summed E-state index contributed by atoms with van der Waals surface area (Å²) in [5.74, 6) is -0.0860. The molecular weight excluding hydrogens is 500 g/mol. The molecule has 1 aliphatic carbocycles. The molecule has 4 aromatic rings. The summed E-state index contributed by atoms with van der Waals surface area (Å²) in [6, 6.07) is 32.1. The van der Waals surface area contributed by atoms with Crippen molar-refractivity contribution in [3.63, 3.8) is 0 Å². The van der Waals surface area contributed by atoms with Gasteiger partial charge in [-0.2, -0.15) is 0 Å². The Morgan fingerprint density at radius 3 is 2.54 bits per heavy atom. The van der Waals surface area contributed by atoms with Crippen molar-refractivity contribution in [2.45, 2.75) is 43.7 Å². The lowest BCUT2D eigenvalue weighted by Gasteiger charge is -2.31. The van der Waals surface area contributed by atoms with Gasteiger partial charge in [0.25, 0.3) is 11.8 Å². The Kier molecular flexibility index (Phi) is 7.08. The topological polar surface area (TPSA) is 49.4 Å². The third kappa shape index (κ3) is 5.27. The molecule has 4 nitrogen and oxygen atoms in total. The van der Waals surface area contributed by atoms with Crippen LogP contribution in [0.15, 0.2) is 107 Å². The van der Waals surface area contributed by atoms with Crippen LogP contribution in [0.1, 0.15) is 57.1 Å². The Hall–Kier alpha value is -4.09. The smallest absolute Gasteiger partial charge is 0.265 e. The number of aryl methyl sites for hydroxylation is 2. The first-order chi connectivity index (χ1) is 19.1. The highest BCUT2D eigenvalue weighted by molar-refractivity contribution is 8.04. The molecule has 0 fully saturated rings. The molecule has 2 amide bonds. The normalized spacial score (nSPS) is 17.5. The third-order valence-electron chi connectivity index (χ3n) is 7.57. The van der Waals surface area contributed by atoms with Gasteiger partial charge in [0.15, 0.2) is 0 Å². The highest BCUT2D eigenvalue weighted by atomic mass is 32.2. The maximum atomic E-state index is 13.7. The average molecular weight is 531 g/mol. The molecule has 0 aromatic heterocycles. The van der Waals surface area contributed by atoms with Crippen molar-refractivity contribution in [1.29, 1.82) is 0 Å². The van der Waals surface area contributed by atoms with Gasteiger partial charge in [-0.25, -0.2) is 0 Å². The number of benzene rings is 4. The van der Waals surface area contributed by atoms with E-state index in [-0.39, 0.29) is 17.9 Å². The van der Waals surface area contributed by atoms with Crippen molar-refractivity contribution in [3.8, 4) is 0 Å². The number of nitrogens with zero attached hydrogens (tertiary/aromatic N) is 1. The Labute approximate surface area is 233 Å². The first-order valence-electron chi connectivity index (χ1n) is 13.4. The molecule has 6 rings (SSSR count). The third-order valence-corrected chi connectivity index (χ3v) is 8.64. The number of rotatable bonds is 5. The second-order valence-electron chi connectivity index (χ2n) is 10.1. The van der Waals surface area contributed by atoms with Crippen LogP contribution >= 0.6 is 11.8 Å². The van der Waals surface area contributed by atoms with Gasteiger partial charge in [-0.05, 0) is 84.3 Å². The van der Waals surface area contributed by atoms with Crippen LogP contribution in [0, 0.1) is 6.92 Å². The highest BCUT2D eigenvalue weighted by Gasteiger charge is 2.29. The van der Waals surface area contributed by atoms with Crippen molar-refractivity contribution in [3.05, 3.63) is 135 Å². The lowest BCUT2D eigenvalue weighted by atomic mass is 9.87. The zero-order valence-electron chi connectivity index (χ0n) is 21.9. The maximum absolute atomic E-state index is 13.7. The van der Waals surface area contributed by atoms with Gasteiger partial charge in [0.1, 0.15) is 0 Å². The van der Waals surface area contributed by atoms with E-state index in [4.69, 9.17) is 0 Å². The summed E-state index contributed by atoms with van der Waals surface area (Å²) >= 11 is 1.50. The minimum Gasteiger partial charge on any atom is -0.345 e. The number of fused-ring (bicyclic) bond motifs is 2. The Bertz CT molecular complexity index is 1570. The van der Waals surface area contributed by atoms with Crippen LogP contribution in [0.5, 0.6) is 0 Å². The molecule has 0 saturated heterocycles. The average Bonchev–Trinajstić information content (AvgIpc) is 2.97. The number of carbonyl (C=O) groups excluding carboxylic acids is 2. The summed E-state index contributed by atoms with van der Waals surface area (Å²) < 4.78 is 0. The van der Waals surface area contributed by atoms with Gasteiger partial charge in [-0.3, -0.25) is 9.59 Å². The number of hydrogen-bond acceptors (Lipinski definition) is 3. The van der Waals surface area contributed by atoms with Gasteiger partial charge in [0, 0.05) is 10.5 Å². The maximum Gasteiger partial charge on any atom is 0.265 e. The fourth-order valence-electron chi connectivity index (χ4n) is 5.40. The van der Waals surface area contributed by atoms with Crippen LogP contribution in [-0.4, -0.2) is 11.8 Å². The number of thioether (sulfide) groups is 1. The molecular formula is C34H30N2O2S. The van der Waals surface area contributed by atoms with Crippen LogP contribution in [0.25, 0.3) is 6.08 Å². The fraction of sp³-hybridized carbons (Fsp3) is 0.176. The molecule has 1 aliphatic heterocycles. The van der Waals surface area contributed by atoms with Crippen molar-refractivity contribution in [2.75, 3.05) is 4.90 Å². The molecule has 39 heavy (non-hydrogen) atoms. The number of anilines is 1. The van der Waals surface area contributed by atoms with Crippen LogP contribution < -0.4 is 10.2 Å². The second kappa shape index (κ2) is 11.0. The largest absolute Gasteiger partial charge is 0.345 e. The summed E-state index contributed by atoms with van der Waals surface area (Å²) in [7, 11) is 0. The number of para-hydroxylation sites is 1. The van der Waals surface area contributed by atoms with E-state index in [1.54, 1.807) is 0 Å². The zero-order chi connectivity index (χ0) is 26.8. The lowest BCUT2D eigenvalue weighted by molar-refractivity contribution is -0.114. The highest BCUT2D eigenvalue weighted by Crippen LogP contribution is 2.42.